The third-order valence-corrected chi connectivity index (χ3v) is 7.43. The van der Waals surface area contributed by atoms with Crippen molar-refractivity contribution in [3.05, 3.63) is 132 Å². The summed E-state index contributed by atoms with van der Waals surface area (Å²) in [4.78, 5) is 39.8. The Balaban J connectivity index is 1.27. The van der Waals surface area contributed by atoms with Crippen LogP contribution in [0.1, 0.15) is 20.7 Å². The maximum Gasteiger partial charge on any atom is 0.255 e. The number of fused-ring (bicyclic) bond motifs is 1. The molecule has 0 saturated carbocycles. The number of benzene rings is 4. The zero-order chi connectivity index (χ0) is 33.0. The Morgan fingerprint density at radius 3 is 1.81 bits per heavy atom. The van der Waals surface area contributed by atoms with E-state index in [1.807, 2.05) is 84.9 Å². The standard InChI is InChI=1S/C34H28FN11O2/c35-24-17-15-22(16-18-24)19-29(47)45-33(40-31(42-45)38-25-9-3-1-4-10-25)44(36)34-41-32(39-26-11-5-2-6-12-26)43-46(34)30(48)20-23-21-37-28-14-8-7-13-27(23)28/h1-18,21,37H,19-20,36H2,(H,38,42)(H,39,43). The normalized spacial score (nSPS) is 11.0. The highest BCUT2D eigenvalue weighted by atomic mass is 19.1. The van der Waals surface area contributed by atoms with Crippen LogP contribution in [-0.4, -0.2) is 46.3 Å². The van der Waals surface area contributed by atoms with E-state index in [1.165, 1.54) is 24.3 Å². The molecule has 0 saturated heterocycles. The van der Waals surface area contributed by atoms with Crippen molar-refractivity contribution in [1.29, 1.82) is 0 Å². The summed E-state index contributed by atoms with van der Waals surface area (Å²) in [6.07, 6.45) is 1.60. The number of H-pyrrole nitrogens is 1. The molecule has 0 unspecified atom stereocenters. The average molecular weight is 642 g/mol. The predicted molar refractivity (Wildman–Crippen MR) is 179 cm³/mol. The van der Waals surface area contributed by atoms with Gasteiger partial charge in [0.1, 0.15) is 5.82 Å². The van der Waals surface area contributed by atoms with Gasteiger partial charge in [0.15, 0.2) is 0 Å². The van der Waals surface area contributed by atoms with Gasteiger partial charge in [-0.1, -0.05) is 66.7 Å². The van der Waals surface area contributed by atoms with Gasteiger partial charge in [0.2, 0.25) is 11.9 Å². The lowest BCUT2D eigenvalue weighted by atomic mass is 10.1. The lowest BCUT2D eigenvalue weighted by Gasteiger charge is -2.16. The van der Waals surface area contributed by atoms with Crippen molar-refractivity contribution in [2.75, 3.05) is 15.6 Å². The molecule has 0 amide bonds. The monoisotopic (exact) mass is 641 g/mol. The summed E-state index contributed by atoms with van der Waals surface area (Å²) in [5.41, 5.74) is 3.54. The zero-order valence-electron chi connectivity index (χ0n) is 25.3. The molecule has 14 heteroatoms. The third kappa shape index (κ3) is 6.36. The lowest BCUT2D eigenvalue weighted by Crippen LogP contribution is -2.34. The van der Waals surface area contributed by atoms with Crippen molar-refractivity contribution in [3.8, 4) is 0 Å². The van der Waals surface area contributed by atoms with E-state index in [0.29, 0.717) is 16.9 Å². The number of nitrogens with zero attached hydrogens (tertiary/aromatic N) is 7. The van der Waals surface area contributed by atoms with Gasteiger partial charge in [-0.15, -0.1) is 10.2 Å². The number of nitrogens with one attached hydrogen (secondary N) is 3. The number of carbonyl (C=O) groups is 2. The largest absolute Gasteiger partial charge is 0.361 e. The van der Waals surface area contributed by atoms with Crippen molar-refractivity contribution in [2.45, 2.75) is 12.8 Å². The molecule has 0 aliphatic carbocycles. The maximum absolute atomic E-state index is 13.9. The van der Waals surface area contributed by atoms with Gasteiger partial charge in [0.25, 0.3) is 23.7 Å². The Bertz CT molecular complexity index is 2210. The Hall–Kier alpha value is -6.67. The van der Waals surface area contributed by atoms with Crippen molar-refractivity contribution in [3.63, 3.8) is 0 Å². The molecule has 0 aliphatic heterocycles. The second-order valence-corrected chi connectivity index (χ2v) is 10.8. The molecule has 0 bridgehead atoms. The summed E-state index contributed by atoms with van der Waals surface area (Å²) in [5.74, 6) is 5.18. The Kier molecular flexibility index (Phi) is 8.11. The molecule has 238 valence electrons. The SMILES string of the molecule is NN(c1nc(Nc2ccccc2)nn1C(=O)Cc1ccc(F)cc1)c1nc(Nc2ccccc2)nn1C(=O)Cc1c[nH]c2ccccc12. The highest BCUT2D eigenvalue weighted by Crippen LogP contribution is 2.26. The number of hydrazine groups is 1. The van der Waals surface area contributed by atoms with Gasteiger partial charge in [0, 0.05) is 28.5 Å². The number of rotatable bonds is 10. The molecular weight excluding hydrogens is 613 g/mol. The molecule has 13 nitrogen and oxygen atoms in total. The van der Waals surface area contributed by atoms with E-state index in [2.05, 4.69) is 35.8 Å². The second-order valence-electron chi connectivity index (χ2n) is 10.8. The van der Waals surface area contributed by atoms with Crippen molar-refractivity contribution < 1.29 is 14.0 Å². The minimum absolute atomic E-state index is 0.0318. The number of para-hydroxylation sites is 3. The van der Waals surface area contributed by atoms with Crippen molar-refractivity contribution >= 4 is 57.9 Å². The molecule has 48 heavy (non-hydrogen) atoms. The summed E-state index contributed by atoms with van der Waals surface area (Å²) in [7, 11) is 0. The molecule has 0 radical (unpaired) electrons. The van der Waals surface area contributed by atoms with Crippen LogP contribution in [0.2, 0.25) is 0 Å². The molecule has 0 fully saturated rings. The first kappa shape index (κ1) is 30.0. The van der Waals surface area contributed by atoms with Gasteiger partial charge in [-0.2, -0.15) is 19.3 Å². The number of aromatic amines is 1. The quantitative estimate of drug-likeness (QED) is 0.107. The molecular formula is C34H28FN11O2. The first-order valence-corrected chi connectivity index (χ1v) is 14.9. The van der Waals surface area contributed by atoms with E-state index >= 15 is 0 Å². The minimum atomic E-state index is -0.514. The van der Waals surface area contributed by atoms with Crippen LogP contribution in [-0.2, 0) is 12.8 Å². The van der Waals surface area contributed by atoms with Crippen LogP contribution in [0.4, 0.5) is 39.6 Å². The first-order chi connectivity index (χ1) is 23.4. The van der Waals surface area contributed by atoms with Crippen LogP contribution in [0, 0.1) is 5.82 Å². The number of hydrogen-bond donors (Lipinski definition) is 4. The maximum atomic E-state index is 13.9. The van der Waals surface area contributed by atoms with E-state index in [9.17, 15) is 14.0 Å². The molecule has 4 aromatic carbocycles. The molecule has 0 spiro atoms. The zero-order valence-corrected chi connectivity index (χ0v) is 25.3. The van der Waals surface area contributed by atoms with Crippen LogP contribution < -0.4 is 21.5 Å². The number of nitrogens with two attached hydrogens (primary N) is 1. The number of hydrogen-bond acceptors (Lipinski definition) is 10. The van der Waals surface area contributed by atoms with Crippen LogP contribution in [0.5, 0.6) is 0 Å². The molecule has 5 N–H and O–H groups in total. The Morgan fingerprint density at radius 2 is 1.23 bits per heavy atom. The van der Waals surface area contributed by atoms with Gasteiger partial charge >= 0.3 is 0 Å². The second kappa shape index (κ2) is 13.0. The molecule has 3 aromatic heterocycles. The van der Waals surface area contributed by atoms with Crippen molar-refractivity contribution in [2.24, 2.45) is 5.84 Å². The molecule has 3 heterocycles. The van der Waals surface area contributed by atoms with Gasteiger partial charge < -0.3 is 15.6 Å². The number of halogens is 1. The highest BCUT2D eigenvalue weighted by molar-refractivity contribution is 5.91. The summed E-state index contributed by atoms with van der Waals surface area (Å²) in [5, 5.41) is 16.9. The smallest absolute Gasteiger partial charge is 0.255 e. The van der Waals surface area contributed by atoms with Gasteiger partial charge in [-0.05, 0) is 53.6 Å². The number of anilines is 6. The van der Waals surface area contributed by atoms with Gasteiger partial charge in [-0.3, -0.25) is 9.59 Å². The fraction of sp³-hybridized carbons (Fsp3) is 0.0588. The predicted octanol–water partition coefficient (Wildman–Crippen LogP) is 5.75. The summed E-state index contributed by atoms with van der Waals surface area (Å²) in [6, 6.07) is 31.5. The summed E-state index contributed by atoms with van der Waals surface area (Å²) < 4.78 is 15.6. The van der Waals surface area contributed by atoms with E-state index < -0.39 is 17.6 Å². The molecule has 7 aromatic rings. The van der Waals surface area contributed by atoms with E-state index in [0.717, 1.165) is 30.8 Å². The minimum Gasteiger partial charge on any atom is -0.361 e. The fourth-order valence-electron chi connectivity index (χ4n) is 5.12. The summed E-state index contributed by atoms with van der Waals surface area (Å²) >= 11 is 0. The van der Waals surface area contributed by atoms with E-state index in [4.69, 9.17) is 5.84 Å². The Labute approximate surface area is 272 Å². The lowest BCUT2D eigenvalue weighted by molar-refractivity contribution is 0.0895. The molecule has 7 rings (SSSR count). The van der Waals surface area contributed by atoms with E-state index in [1.54, 1.807) is 6.20 Å². The van der Waals surface area contributed by atoms with Crippen LogP contribution in [0.3, 0.4) is 0 Å². The van der Waals surface area contributed by atoms with Crippen LogP contribution in [0.15, 0.2) is 115 Å². The Morgan fingerprint density at radius 1 is 0.708 bits per heavy atom. The first-order valence-electron chi connectivity index (χ1n) is 14.9. The summed E-state index contributed by atoms with van der Waals surface area (Å²) in [6.45, 7) is 0. The molecule has 0 atom stereocenters. The van der Waals surface area contributed by atoms with Crippen molar-refractivity contribution in [1.82, 2.24) is 34.5 Å². The van der Waals surface area contributed by atoms with Crippen LogP contribution >= 0.6 is 0 Å². The average Bonchev–Trinajstić information content (AvgIpc) is 3.84. The van der Waals surface area contributed by atoms with Gasteiger partial charge in [-0.25, -0.2) is 15.2 Å². The number of carbonyl (C=O) groups excluding carboxylic acids is 2. The topological polar surface area (TPSA) is 165 Å². The van der Waals surface area contributed by atoms with Gasteiger partial charge in [0.05, 0.1) is 12.8 Å². The third-order valence-electron chi connectivity index (χ3n) is 7.43. The fourth-order valence-corrected chi connectivity index (χ4v) is 5.12. The van der Waals surface area contributed by atoms with E-state index in [-0.39, 0.29) is 36.6 Å². The van der Waals surface area contributed by atoms with Crippen LogP contribution in [0.25, 0.3) is 10.9 Å². The highest BCUT2D eigenvalue weighted by Gasteiger charge is 2.28. The number of aromatic nitrogens is 7. The molecule has 0 aliphatic rings.